The minimum absolute atomic E-state index is 0.234. The van der Waals surface area contributed by atoms with E-state index in [1.807, 2.05) is 19.1 Å². The Morgan fingerprint density at radius 1 is 1.28 bits per heavy atom. The summed E-state index contributed by atoms with van der Waals surface area (Å²) in [7, 11) is 1.54. The van der Waals surface area contributed by atoms with Crippen LogP contribution in [0.5, 0.6) is 11.8 Å². The van der Waals surface area contributed by atoms with Crippen LogP contribution in [0.25, 0.3) is 11.1 Å². The summed E-state index contributed by atoms with van der Waals surface area (Å²) in [5.41, 5.74) is 7.70. The monoisotopic (exact) mass is 340 g/mol. The van der Waals surface area contributed by atoms with Gasteiger partial charge < -0.3 is 15.2 Å². The van der Waals surface area contributed by atoms with Gasteiger partial charge in [0.25, 0.3) is 0 Å². The lowest BCUT2D eigenvalue weighted by atomic mass is 9.93. The normalized spacial score (nSPS) is 13.2. The molecular weight excluding hydrogens is 316 g/mol. The van der Waals surface area contributed by atoms with Crippen molar-refractivity contribution in [1.82, 2.24) is 9.97 Å². The summed E-state index contributed by atoms with van der Waals surface area (Å²) in [4.78, 5) is 8.38. The molecule has 0 fully saturated rings. The second-order valence-electron chi connectivity index (χ2n) is 6.79. The van der Waals surface area contributed by atoms with Crippen molar-refractivity contribution in [2.24, 2.45) is 11.7 Å². The number of ether oxygens (including phenoxy) is 2. The number of pyridine rings is 2. The number of hydrogen-bond acceptors (Lipinski definition) is 6. The first-order valence-electron chi connectivity index (χ1n) is 8.17. The van der Waals surface area contributed by atoms with E-state index in [-0.39, 0.29) is 12.5 Å². The zero-order valence-corrected chi connectivity index (χ0v) is 15.1. The maximum absolute atomic E-state index is 9.47. The van der Waals surface area contributed by atoms with Crippen molar-refractivity contribution in [3.05, 3.63) is 36.2 Å². The van der Waals surface area contributed by atoms with Crippen LogP contribution in [0, 0.1) is 17.2 Å². The van der Waals surface area contributed by atoms with E-state index in [1.54, 1.807) is 18.5 Å². The Hall–Kier alpha value is -2.65. The number of nitriles is 1. The number of aromatic nitrogens is 2. The molecule has 0 saturated carbocycles. The summed E-state index contributed by atoms with van der Waals surface area (Å²) in [6.45, 7) is 6.42. The fraction of sp³-hybridized carbons (Fsp3) is 0.421. The first kappa shape index (κ1) is 18.7. The number of methoxy groups -OCH3 is 1. The predicted molar refractivity (Wildman–Crippen MR) is 96.3 cm³/mol. The second-order valence-corrected chi connectivity index (χ2v) is 6.79. The third kappa shape index (κ3) is 4.91. The van der Waals surface area contributed by atoms with Crippen LogP contribution in [-0.4, -0.2) is 29.2 Å². The quantitative estimate of drug-likeness (QED) is 0.832. The van der Waals surface area contributed by atoms with Crippen LogP contribution in [0.2, 0.25) is 0 Å². The van der Waals surface area contributed by atoms with Crippen molar-refractivity contribution in [1.29, 1.82) is 5.26 Å². The molecule has 2 heterocycles. The fourth-order valence-corrected chi connectivity index (χ4v) is 2.79. The molecule has 2 aromatic heterocycles. The van der Waals surface area contributed by atoms with Gasteiger partial charge in [-0.2, -0.15) is 10.2 Å². The molecule has 2 aromatic rings. The van der Waals surface area contributed by atoms with Gasteiger partial charge in [-0.1, -0.05) is 13.8 Å². The molecule has 0 aliphatic heterocycles. The molecule has 0 radical (unpaired) electrons. The maximum Gasteiger partial charge on any atom is 0.235 e. The highest BCUT2D eigenvalue weighted by molar-refractivity contribution is 5.70. The standard InChI is InChI=1S/C19H24N4O2/c1-13(2)10-19(3,21)12-25-17-15(11-20)9-16(18(23-17)24-4)14-5-7-22-8-6-14/h5-9,13H,10,12,21H2,1-4H3/t19-/m0/s1. The van der Waals surface area contributed by atoms with E-state index in [0.717, 1.165) is 12.0 Å². The highest BCUT2D eigenvalue weighted by Crippen LogP contribution is 2.32. The molecule has 0 aromatic carbocycles. The first-order valence-corrected chi connectivity index (χ1v) is 8.17. The molecule has 6 nitrogen and oxygen atoms in total. The van der Waals surface area contributed by atoms with E-state index in [1.165, 1.54) is 7.11 Å². The lowest BCUT2D eigenvalue weighted by molar-refractivity contribution is 0.198. The van der Waals surface area contributed by atoms with Crippen molar-refractivity contribution in [2.45, 2.75) is 32.7 Å². The van der Waals surface area contributed by atoms with Crippen molar-refractivity contribution >= 4 is 0 Å². The summed E-state index contributed by atoms with van der Waals surface area (Å²) in [5.74, 6) is 1.07. The highest BCUT2D eigenvalue weighted by Gasteiger charge is 2.23. The Kier molecular flexibility index (Phi) is 5.94. The molecule has 1 atom stereocenters. The van der Waals surface area contributed by atoms with Gasteiger partial charge in [0.15, 0.2) is 0 Å². The topological polar surface area (TPSA) is 94.0 Å². The largest absolute Gasteiger partial charge is 0.480 e. The molecule has 0 bridgehead atoms. The first-order chi connectivity index (χ1) is 11.9. The van der Waals surface area contributed by atoms with Crippen molar-refractivity contribution < 1.29 is 9.47 Å². The van der Waals surface area contributed by atoms with Gasteiger partial charge in [-0.15, -0.1) is 0 Å². The minimum Gasteiger partial charge on any atom is -0.480 e. The van der Waals surface area contributed by atoms with Crippen molar-refractivity contribution in [3.63, 3.8) is 0 Å². The number of nitrogens with zero attached hydrogens (tertiary/aromatic N) is 3. The second kappa shape index (κ2) is 7.95. The lowest BCUT2D eigenvalue weighted by Crippen LogP contribution is -2.43. The number of hydrogen-bond donors (Lipinski definition) is 1. The fourth-order valence-electron chi connectivity index (χ4n) is 2.79. The average Bonchev–Trinajstić information content (AvgIpc) is 2.59. The Labute approximate surface area is 148 Å². The van der Waals surface area contributed by atoms with E-state index in [2.05, 4.69) is 29.9 Å². The molecule has 2 rings (SSSR count). The summed E-state index contributed by atoms with van der Waals surface area (Å²) in [5, 5.41) is 9.47. The summed E-state index contributed by atoms with van der Waals surface area (Å²) < 4.78 is 11.2. The van der Waals surface area contributed by atoms with E-state index >= 15 is 0 Å². The predicted octanol–water partition coefficient (Wildman–Crippen LogP) is 3.17. The molecule has 0 unspecified atom stereocenters. The van der Waals surface area contributed by atoms with Gasteiger partial charge in [-0.3, -0.25) is 4.98 Å². The van der Waals surface area contributed by atoms with E-state index in [4.69, 9.17) is 15.2 Å². The Morgan fingerprint density at radius 3 is 2.52 bits per heavy atom. The third-order valence-electron chi connectivity index (χ3n) is 3.67. The summed E-state index contributed by atoms with van der Waals surface area (Å²) in [6, 6.07) is 7.52. The molecule has 0 saturated heterocycles. The zero-order chi connectivity index (χ0) is 18.4. The van der Waals surface area contributed by atoms with E-state index in [0.29, 0.717) is 22.9 Å². The number of rotatable bonds is 7. The SMILES string of the molecule is COc1nc(OC[C@@](C)(N)CC(C)C)c(C#N)cc1-c1ccncc1. The van der Waals surface area contributed by atoms with Crippen LogP contribution >= 0.6 is 0 Å². The molecule has 0 spiro atoms. The van der Waals surface area contributed by atoms with Gasteiger partial charge >= 0.3 is 0 Å². The van der Waals surface area contributed by atoms with Crippen molar-refractivity contribution in [2.75, 3.05) is 13.7 Å². The van der Waals surface area contributed by atoms with E-state index < -0.39 is 5.54 Å². The smallest absolute Gasteiger partial charge is 0.235 e. The Balaban J connectivity index is 2.33. The van der Waals surface area contributed by atoms with Gasteiger partial charge in [0, 0.05) is 23.5 Å². The molecule has 2 N–H and O–H groups in total. The van der Waals surface area contributed by atoms with Crippen LogP contribution in [0.3, 0.4) is 0 Å². The molecule has 132 valence electrons. The third-order valence-corrected chi connectivity index (χ3v) is 3.67. The van der Waals surface area contributed by atoms with Gasteiger partial charge in [-0.25, -0.2) is 0 Å². The van der Waals surface area contributed by atoms with Gasteiger partial charge in [0.2, 0.25) is 11.8 Å². The van der Waals surface area contributed by atoms with Crippen LogP contribution in [0.1, 0.15) is 32.8 Å². The lowest BCUT2D eigenvalue weighted by Gasteiger charge is -2.26. The van der Waals surface area contributed by atoms with Crippen LogP contribution in [0.4, 0.5) is 0 Å². The molecule has 25 heavy (non-hydrogen) atoms. The zero-order valence-electron chi connectivity index (χ0n) is 15.1. The van der Waals surface area contributed by atoms with E-state index in [9.17, 15) is 5.26 Å². The van der Waals surface area contributed by atoms with Crippen LogP contribution in [0.15, 0.2) is 30.6 Å². The number of nitrogens with two attached hydrogens (primary N) is 1. The highest BCUT2D eigenvalue weighted by atomic mass is 16.5. The average molecular weight is 340 g/mol. The summed E-state index contributed by atoms with van der Waals surface area (Å²) in [6.07, 6.45) is 4.16. The van der Waals surface area contributed by atoms with Gasteiger partial charge in [0.05, 0.1) is 7.11 Å². The molecule has 0 amide bonds. The maximum atomic E-state index is 9.47. The van der Waals surface area contributed by atoms with Gasteiger partial charge in [-0.05, 0) is 43.0 Å². The Morgan fingerprint density at radius 2 is 1.96 bits per heavy atom. The Bertz CT molecular complexity index is 752. The minimum atomic E-state index is -0.500. The van der Waals surface area contributed by atoms with Crippen molar-refractivity contribution in [3.8, 4) is 29.0 Å². The molecule has 0 aliphatic rings. The molecule has 6 heteroatoms. The van der Waals surface area contributed by atoms with Crippen LogP contribution in [-0.2, 0) is 0 Å². The van der Waals surface area contributed by atoms with Gasteiger partial charge in [0.1, 0.15) is 18.2 Å². The molecule has 0 aliphatic carbocycles. The summed E-state index contributed by atoms with van der Waals surface area (Å²) >= 11 is 0. The molecular formula is C19H24N4O2. The van der Waals surface area contributed by atoms with Crippen LogP contribution < -0.4 is 15.2 Å².